The second kappa shape index (κ2) is 6.18. The molecule has 0 saturated carbocycles. The van der Waals surface area contributed by atoms with Gasteiger partial charge < -0.3 is 9.42 Å². The zero-order chi connectivity index (χ0) is 17.6. The van der Waals surface area contributed by atoms with Crippen molar-refractivity contribution in [1.82, 2.24) is 24.7 Å². The van der Waals surface area contributed by atoms with Gasteiger partial charge in [-0.05, 0) is 20.3 Å². The number of carbonyl (C=O) groups is 1. The second-order valence-electron chi connectivity index (χ2n) is 7.01. The maximum atomic E-state index is 12.1. The number of nitrogens with zero attached hydrogens (tertiary/aromatic N) is 6. The van der Waals surface area contributed by atoms with E-state index in [4.69, 9.17) is 4.52 Å². The molecule has 0 N–H and O–H groups in total. The predicted molar refractivity (Wildman–Crippen MR) is 92.5 cm³/mol. The summed E-state index contributed by atoms with van der Waals surface area (Å²) in [7, 11) is 1.83. The Balaban J connectivity index is 1.42. The second-order valence-corrected chi connectivity index (χ2v) is 7.01. The van der Waals surface area contributed by atoms with Crippen LogP contribution in [-0.4, -0.2) is 64.0 Å². The Kier molecular flexibility index (Phi) is 3.99. The zero-order valence-corrected chi connectivity index (χ0v) is 15.0. The third-order valence-corrected chi connectivity index (χ3v) is 5.30. The summed E-state index contributed by atoms with van der Waals surface area (Å²) in [6.45, 7) is 8.27. The molecule has 8 nitrogen and oxygen atoms in total. The van der Waals surface area contributed by atoms with Crippen LogP contribution in [0.1, 0.15) is 29.5 Å². The molecule has 0 aliphatic carbocycles. The lowest BCUT2D eigenvalue weighted by Gasteiger charge is -2.16. The minimum absolute atomic E-state index is 0.0472. The molecule has 0 spiro atoms. The van der Waals surface area contributed by atoms with Crippen LogP contribution in [0.4, 0.5) is 10.5 Å². The van der Waals surface area contributed by atoms with Gasteiger partial charge in [0.25, 0.3) is 0 Å². The van der Waals surface area contributed by atoms with Crippen molar-refractivity contribution in [2.75, 3.05) is 38.1 Å². The number of amides is 2. The van der Waals surface area contributed by atoms with Crippen LogP contribution in [0.5, 0.6) is 0 Å². The van der Waals surface area contributed by atoms with E-state index in [1.165, 1.54) is 5.56 Å². The van der Waals surface area contributed by atoms with Crippen molar-refractivity contribution >= 4 is 11.7 Å². The molecule has 134 valence electrons. The van der Waals surface area contributed by atoms with E-state index in [0.29, 0.717) is 6.04 Å². The number of urea groups is 1. The highest BCUT2D eigenvalue weighted by atomic mass is 16.5. The molecule has 1 atom stereocenters. The number of carbonyl (C=O) groups excluding carboxylic acids is 1. The van der Waals surface area contributed by atoms with Crippen LogP contribution in [0.3, 0.4) is 0 Å². The van der Waals surface area contributed by atoms with Crippen LogP contribution in [-0.2, 0) is 6.54 Å². The molecule has 2 fully saturated rings. The molecule has 2 aliphatic rings. The molecule has 2 aromatic rings. The van der Waals surface area contributed by atoms with Gasteiger partial charge in [-0.15, -0.1) is 0 Å². The van der Waals surface area contributed by atoms with Gasteiger partial charge in [-0.1, -0.05) is 5.16 Å². The molecule has 0 aromatic carbocycles. The summed E-state index contributed by atoms with van der Waals surface area (Å²) in [5.74, 6) is 0.902. The lowest BCUT2D eigenvalue weighted by molar-refractivity contribution is 0.229. The van der Waals surface area contributed by atoms with E-state index in [1.54, 1.807) is 16.0 Å². The van der Waals surface area contributed by atoms with Gasteiger partial charge in [0, 0.05) is 51.5 Å². The van der Waals surface area contributed by atoms with Crippen molar-refractivity contribution in [2.24, 2.45) is 0 Å². The van der Waals surface area contributed by atoms with E-state index >= 15 is 0 Å². The Hall–Kier alpha value is -2.35. The number of hydrogen-bond acceptors (Lipinski definition) is 5. The smallest absolute Gasteiger partial charge is 0.324 e. The first-order valence-electron chi connectivity index (χ1n) is 8.74. The molecule has 2 saturated heterocycles. The highest BCUT2D eigenvalue weighted by Gasteiger charge is 2.30. The summed E-state index contributed by atoms with van der Waals surface area (Å²) >= 11 is 0. The summed E-state index contributed by atoms with van der Waals surface area (Å²) in [5.41, 5.74) is 3.05. The Bertz CT molecular complexity index is 762. The Labute approximate surface area is 147 Å². The van der Waals surface area contributed by atoms with E-state index < -0.39 is 0 Å². The number of aromatic nitrogens is 3. The van der Waals surface area contributed by atoms with Gasteiger partial charge in [0.15, 0.2) is 0 Å². The van der Waals surface area contributed by atoms with Gasteiger partial charge in [-0.2, -0.15) is 5.10 Å². The first kappa shape index (κ1) is 16.1. The number of likely N-dealkylation sites (N-methyl/N-ethyl adjacent to an activating group) is 1. The van der Waals surface area contributed by atoms with E-state index in [1.807, 2.05) is 31.8 Å². The van der Waals surface area contributed by atoms with Gasteiger partial charge in [-0.25, -0.2) is 4.79 Å². The minimum atomic E-state index is 0.0472. The number of likely N-dealkylation sites (tertiary alicyclic amines) is 1. The Morgan fingerprint density at radius 3 is 2.80 bits per heavy atom. The summed E-state index contributed by atoms with van der Waals surface area (Å²) in [4.78, 5) is 18.1. The average molecular weight is 344 g/mol. The quantitative estimate of drug-likeness (QED) is 0.846. The van der Waals surface area contributed by atoms with Crippen LogP contribution >= 0.6 is 0 Å². The average Bonchev–Trinajstić information content (AvgIpc) is 3.35. The molecule has 8 heteroatoms. The summed E-state index contributed by atoms with van der Waals surface area (Å²) < 4.78 is 7.27. The largest absolute Gasteiger partial charge is 0.361 e. The topological polar surface area (TPSA) is 70.6 Å². The number of rotatable bonds is 4. The van der Waals surface area contributed by atoms with Crippen molar-refractivity contribution in [3.63, 3.8) is 0 Å². The predicted octanol–water partition coefficient (Wildman–Crippen LogP) is 1.81. The molecule has 2 aliphatic heterocycles. The molecular formula is C17H24N6O2. The van der Waals surface area contributed by atoms with Crippen LogP contribution in [0, 0.1) is 13.8 Å². The van der Waals surface area contributed by atoms with Crippen molar-refractivity contribution in [2.45, 2.75) is 32.9 Å². The first-order valence-corrected chi connectivity index (χ1v) is 8.74. The fourth-order valence-electron chi connectivity index (χ4n) is 3.68. The lowest BCUT2D eigenvalue weighted by atomic mass is 10.2. The first-order chi connectivity index (χ1) is 12.0. The van der Waals surface area contributed by atoms with E-state index in [2.05, 4.69) is 15.2 Å². The van der Waals surface area contributed by atoms with Crippen LogP contribution in [0.25, 0.3) is 0 Å². The standard InChI is InChI=1S/C17H24N6O2/c1-12-16(13(2)25-19-12)11-21-5-4-14(9-21)23-10-15(8-18-23)22-7-6-20(3)17(22)24/h8,10,14H,4-7,9,11H2,1-3H3. The van der Waals surface area contributed by atoms with Crippen LogP contribution in [0.2, 0.25) is 0 Å². The highest BCUT2D eigenvalue weighted by Crippen LogP contribution is 2.27. The maximum Gasteiger partial charge on any atom is 0.324 e. The van der Waals surface area contributed by atoms with Gasteiger partial charge in [0.05, 0.1) is 23.6 Å². The zero-order valence-electron chi connectivity index (χ0n) is 15.0. The molecule has 2 amide bonds. The maximum absolute atomic E-state index is 12.1. The minimum Gasteiger partial charge on any atom is -0.361 e. The van der Waals surface area contributed by atoms with E-state index in [-0.39, 0.29) is 6.03 Å². The number of anilines is 1. The fraction of sp³-hybridized carbons (Fsp3) is 0.588. The third-order valence-electron chi connectivity index (χ3n) is 5.30. The van der Waals surface area contributed by atoms with Crippen molar-refractivity contribution in [3.8, 4) is 0 Å². The molecule has 4 rings (SSSR count). The Morgan fingerprint density at radius 2 is 2.12 bits per heavy atom. The van der Waals surface area contributed by atoms with E-state index in [9.17, 15) is 4.79 Å². The van der Waals surface area contributed by atoms with Crippen molar-refractivity contribution in [1.29, 1.82) is 0 Å². The van der Waals surface area contributed by atoms with Crippen LogP contribution in [0.15, 0.2) is 16.9 Å². The van der Waals surface area contributed by atoms with Gasteiger partial charge in [0.1, 0.15) is 5.76 Å². The van der Waals surface area contributed by atoms with Gasteiger partial charge in [-0.3, -0.25) is 14.5 Å². The number of hydrogen-bond donors (Lipinski definition) is 0. The molecule has 4 heterocycles. The fourth-order valence-corrected chi connectivity index (χ4v) is 3.68. The molecule has 0 bridgehead atoms. The highest BCUT2D eigenvalue weighted by molar-refractivity contribution is 5.93. The molecule has 25 heavy (non-hydrogen) atoms. The van der Waals surface area contributed by atoms with Crippen LogP contribution < -0.4 is 4.90 Å². The molecule has 2 aromatic heterocycles. The monoisotopic (exact) mass is 344 g/mol. The lowest BCUT2D eigenvalue weighted by Crippen LogP contribution is -2.28. The number of aryl methyl sites for hydroxylation is 2. The molecule has 0 radical (unpaired) electrons. The molecule has 1 unspecified atom stereocenters. The van der Waals surface area contributed by atoms with Crippen molar-refractivity contribution in [3.05, 3.63) is 29.4 Å². The van der Waals surface area contributed by atoms with Gasteiger partial charge >= 0.3 is 6.03 Å². The van der Waals surface area contributed by atoms with E-state index in [0.717, 1.165) is 56.3 Å². The molecular weight excluding hydrogens is 320 g/mol. The summed E-state index contributed by atoms with van der Waals surface area (Å²) in [5, 5.41) is 8.55. The SMILES string of the molecule is Cc1noc(C)c1CN1CCC(n2cc(N3CCN(C)C3=O)cn2)C1. The third kappa shape index (κ3) is 2.90. The normalized spacial score (nSPS) is 21.7. The van der Waals surface area contributed by atoms with Gasteiger partial charge in [0.2, 0.25) is 0 Å². The summed E-state index contributed by atoms with van der Waals surface area (Å²) in [6, 6.07) is 0.385. The van der Waals surface area contributed by atoms with Crippen molar-refractivity contribution < 1.29 is 9.32 Å². The Morgan fingerprint density at radius 1 is 1.28 bits per heavy atom. The summed E-state index contributed by atoms with van der Waals surface area (Å²) in [6.07, 6.45) is 4.85.